The predicted octanol–water partition coefficient (Wildman–Crippen LogP) is 0.646. The van der Waals surface area contributed by atoms with Crippen LogP contribution >= 0.6 is 0 Å². The van der Waals surface area contributed by atoms with E-state index >= 15 is 0 Å². The molecule has 0 saturated heterocycles. The lowest BCUT2D eigenvalue weighted by molar-refractivity contribution is 0.207. The number of hydrazine groups is 1. The third-order valence-electron chi connectivity index (χ3n) is 1.80. The zero-order valence-electron chi connectivity index (χ0n) is 8.15. The molecule has 0 bridgehead atoms. The van der Waals surface area contributed by atoms with Crippen molar-refractivity contribution < 1.29 is 0 Å². The van der Waals surface area contributed by atoms with Gasteiger partial charge < -0.3 is 5.32 Å². The SMILES string of the molecule is CCC(C)CNN(C)CNC. The lowest BCUT2D eigenvalue weighted by Crippen LogP contribution is -2.41. The van der Waals surface area contributed by atoms with Crippen LogP contribution in [0.4, 0.5) is 0 Å². The maximum Gasteiger partial charge on any atom is 0.0615 e. The summed E-state index contributed by atoms with van der Waals surface area (Å²) in [6.45, 7) is 6.41. The summed E-state index contributed by atoms with van der Waals surface area (Å²) in [5.74, 6) is 0.759. The fourth-order valence-corrected chi connectivity index (χ4v) is 0.749. The third-order valence-corrected chi connectivity index (χ3v) is 1.80. The van der Waals surface area contributed by atoms with Crippen molar-refractivity contribution in [3.63, 3.8) is 0 Å². The van der Waals surface area contributed by atoms with Gasteiger partial charge in [0.25, 0.3) is 0 Å². The maximum atomic E-state index is 3.31. The van der Waals surface area contributed by atoms with E-state index in [0.29, 0.717) is 0 Å². The quantitative estimate of drug-likeness (QED) is 0.440. The number of hydrogen-bond donors (Lipinski definition) is 2. The maximum absolute atomic E-state index is 3.31. The Hall–Kier alpha value is -0.120. The van der Waals surface area contributed by atoms with Crippen LogP contribution in [0.25, 0.3) is 0 Å². The molecule has 0 saturated carbocycles. The van der Waals surface area contributed by atoms with Crippen LogP contribution in [-0.4, -0.2) is 32.3 Å². The minimum absolute atomic E-state index is 0.759. The molecule has 0 aliphatic heterocycles. The van der Waals surface area contributed by atoms with Crippen molar-refractivity contribution in [1.82, 2.24) is 15.8 Å². The van der Waals surface area contributed by atoms with E-state index in [1.807, 2.05) is 14.1 Å². The fourth-order valence-electron chi connectivity index (χ4n) is 0.749. The van der Waals surface area contributed by atoms with E-state index in [0.717, 1.165) is 19.1 Å². The summed E-state index contributed by atoms with van der Waals surface area (Å²) in [6, 6.07) is 0. The number of rotatable bonds is 6. The van der Waals surface area contributed by atoms with Gasteiger partial charge in [0, 0.05) is 13.6 Å². The molecule has 0 fully saturated rings. The lowest BCUT2D eigenvalue weighted by Gasteiger charge is -2.19. The summed E-state index contributed by atoms with van der Waals surface area (Å²) in [5.41, 5.74) is 3.31. The van der Waals surface area contributed by atoms with Crippen molar-refractivity contribution in [2.45, 2.75) is 20.3 Å². The average Bonchev–Trinajstić information content (AvgIpc) is 2.01. The molecule has 0 radical (unpaired) electrons. The minimum Gasteiger partial charge on any atom is -0.306 e. The topological polar surface area (TPSA) is 27.3 Å². The van der Waals surface area contributed by atoms with Gasteiger partial charge in [-0.2, -0.15) is 0 Å². The molecule has 11 heavy (non-hydrogen) atoms. The Bertz CT molecular complexity index is 85.4. The van der Waals surface area contributed by atoms with E-state index in [-0.39, 0.29) is 0 Å². The smallest absolute Gasteiger partial charge is 0.0615 e. The van der Waals surface area contributed by atoms with Gasteiger partial charge in [-0.3, -0.25) is 5.43 Å². The van der Waals surface area contributed by atoms with Gasteiger partial charge in [-0.25, -0.2) is 5.01 Å². The Balaban J connectivity index is 3.22. The monoisotopic (exact) mass is 159 g/mol. The summed E-state index contributed by atoms with van der Waals surface area (Å²) in [5, 5.41) is 5.13. The summed E-state index contributed by atoms with van der Waals surface area (Å²) >= 11 is 0. The first-order chi connectivity index (χ1) is 5.20. The van der Waals surface area contributed by atoms with E-state index in [2.05, 4.69) is 29.6 Å². The first-order valence-corrected chi connectivity index (χ1v) is 4.30. The zero-order valence-corrected chi connectivity index (χ0v) is 8.15. The van der Waals surface area contributed by atoms with E-state index in [4.69, 9.17) is 0 Å². The largest absolute Gasteiger partial charge is 0.306 e. The molecule has 0 amide bonds. The second-order valence-electron chi connectivity index (χ2n) is 3.09. The third kappa shape index (κ3) is 6.28. The highest BCUT2D eigenvalue weighted by molar-refractivity contribution is 4.51. The Morgan fingerprint density at radius 2 is 2.09 bits per heavy atom. The van der Waals surface area contributed by atoms with Crippen molar-refractivity contribution in [3.05, 3.63) is 0 Å². The van der Waals surface area contributed by atoms with Crippen LogP contribution in [0.3, 0.4) is 0 Å². The molecule has 1 atom stereocenters. The van der Waals surface area contributed by atoms with Crippen LogP contribution < -0.4 is 10.7 Å². The van der Waals surface area contributed by atoms with E-state index in [1.165, 1.54) is 6.42 Å². The summed E-state index contributed by atoms with van der Waals surface area (Å²) in [6.07, 6.45) is 1.24. The molecule has 0 aromatic heterocycles. The van der Waals surface area contributed by atoms with Crippen LogP contribution in [0.15, 0.2) is 0 Å². The van der Waals surface area contributed by atoms with E-state index in [9.17, 15) is 0 Å². The normalized spacial score (nSPS) is 13.9. The van der Waals surface area contributed by atoms with Gasteiger partial charge in [-0.05, 0) is 13.0 Å². The molecule has 1 unspecified atom stereocenters. The molecule has 2 N–H and O–H groups in total. The summed E-state index contributed by atoms with van der Waals surface area (Å²) in [7, 11) is 3.99. The molecule has 3 heteroatoms. The molecule has 0 aliphatic rings. The van der Waals surface area contributed by atoms with Gasteiger partial charge in [0.2, 0.25) is 0 Å². The summed E-state index contributed by atoms with van der Waals surface area (Å²) in [4.78, 5) is 0. The molecule has 3 nitrogen and oxygen atoms in total. The molecule has 0 heterocycles. The first kappa shape index (κ1) is 10.9. The van der Waals surface area contributed by atoms with Crippen LogP contribution in [0, 0.1) is 5.92 Å². The number of nitrogens with zero attached hydrogens (tertiary/aromatic N) is 1. The molecule has 0 rings (SSSR count). The summed E-state index contributed by atoms with van der Waals surface area (Å²) < 4.78 is 0. The van der Waals surface area contributed by atoms with Gasteiger partial charge in [-0.1, -0.05) is 20.3 Å². The Morgan fingerprint density at radius 1 is 1.45 bits per heavy atom. The van der Waals surface area contributed by atoms with Crippen LogP contribution in [-0.2, 0) is 0 Å². The number of nitrogens with one attached hydrogen (secondary N) is 2. The Morgan fingerprint density at radius 3 is 2.55 bits per heavy atom. The van der Waals surface area contributed by atoms with Crippen LogP contribution in [0.2, 0.25) is 0 Å². The van der Waals surface area contributed by atoms with Crippen LogP contribution in [0.5, 0.6) is 0 Å². The standard InChI is InChI=1S/C8H21N3/c1-5-8(2)6-10-11(4)7-9-3/h8-10H,5-7H2,1-4H3. The Kier molecular flexibility index (Phi) is 6.51. The molecular formula is C8H21N3. The zero-order chi connectivity index (χ0) is 8.69. The van der Waals surface area contributed by atoms with Crippen molar-refractivity contribution in [1.29, 1.82) is 0 Å². The van der Waals surface area contributed by atoms with E-state index in [1.54, 1.807) is 0 Å². The van der Waals surface area contributed by atoms with Crippen molar-refractivity contribution >= 4 is 0 Å². The second-order valence-corrected chi connectivity index (χ2v) is 3.09. The van der Waals surface area contributed by atoms with Crippen LogP contribution in [0.1, 0.15) is 20.3 Å². The second kappa shape index (κ2) is 6.58. The molecule has 0 aromatic carbocycles. The molecular weight excluding hydrogens is 138 g/mol. The molecule has 0 aromatic rings. The minimum atomic E-state index is 0.759. The number of hydrogen-bond acceptors (Lipinski definition) is 3. The highest BCUT2D eigenvalue weighted by Gasteiger charge is 1.99. The molecule has 0 spiro atoms. The Labute approximate surface area is 70.1 Å². The lowest BCUT2D eigenvalue weighted by atomic mass is 10.1. The first-order valence-electron chi connectivity index (χ1n) is 4.30. The van der Waals surface area contributed by atoms with Gasteiger partial charge in [0.15, 0.2) is 0 Å². The highest BCUT2D eigenvalue weighted by Crippen LogP contribution is 1.96. The predicted molar refractivity (Wildman–Crippen MR) is 49.1 cm³/mol. The average molecular weight is 159 g/mol. The van der Waals surface area contributed by atoms with Gasteiger partial charge in [0.1, 0.15) is 0 Å². The van der Waals surface area contributed by atoms with Gasteiger partial charge in [-0.15, -0.1) is 0 Å². The van der Waals surface area contributed by atoms with Crippen molar-refractivity contribution in [3.8, 4) is 0 Å². The van der Waals surface area contributed by atoms with Gasteiger partial charge in [0.05, 0.1) is 6.67 Å². The van der Waals surface area contributed by atoms with Crippen molar-refractivity contribution in [2.75, 3.05) is 27.3 Å². The van der Waals surface area contributed by atoms with Crippen molar-refractivity contribution in [2.24, 2.45) is 5.92 Å². The highest BCUT2D eigenvalue weighted by atomic mass is 15.5. The molecule has 0 aliphatic carbocycles. The van der Waals surface area contributed by atoms with E-state index < -0.39 is 0 Å². The molecule has 68 valence electrons. The van der Waals surface area contributed by atoms with Gasteiger partial charge >= 0.3 is 0 Å². The fraction of sp³-hybridized carbons (Fsp3) is 1.00.